The van der Waals surface area contributed by atoms with E-state index >= 15 is 0 Å². The van der Waals surface area contributed by atoms with Gasteiger partial charge in [0.1, 0.15) is 6.10 Å². The van der Waals surface area contributed by atoms with Gasteiger partial charge in [-0.2, -0.15) is 11.8 Å². The van der Waals surface area contributed by atoms with Crippen LogP contribution in [-0.4, -0.2) is 167 Å². The minimum Gasteiger partial charge on any atom is -0.494 e. The lowest BCUT2D eigenvalue weighted by atomic mass is 10.0. The second-order valence-corrected chi connectivity index (χ2v) is 17.5. The molecule has 0 saturated carbocycles. The van der Waals surface area contributed by atoms with Gasteiger partial charge in [0, 0.05) is 106 Å². The predicted octanol–water partition coefficient (Wildman–Crippen LogP) is 0.388. The molecule has 5 heterocycles. The lowest BCUT2D eigenvalue weighted by molar-refractivity contribution is -0.133. The number of aromatic hydroxyl groups is 2. The molecule has 3 aliphatic heterocycles. The van der Waals surface area contributed by atoms with E-state index in [0.29, 0.717) is 96.8 Å². The third-order valence-electron chi connectivity index (χ3n) is 10.9. The Morgan fingerprint density at radius 3 is 2.56 bits per heavy atom. The van der Waals surface area contributed by atoms with Crippen molar-refractivity contribution < 1.29 is 44.7 Å². The predicted molar refractivity (Wildman–Crippen MR) is 222 cm³/mol. The summed E-state index contributed by atoms with van der Waals surface area (Å²) in [7, 11) is 0. The van der Waals surface area contributed by atoms with Gasteiger partial charge in [0.05, 0.1) is 46.4 Å². The summed E-state index contributed by atoms with van der Waals surface area (Å²) in [5, 5.41) is 61.9. The van der Waals surface area contributed by atoms with Crippen LogP contribution in [0.2, 0.25) is 0 Å². The Hall–Kier alpha value is -4.34. The summed E-state index contributed by atoms with van der Waals surface area (Å²) < 4.78 is 1.47. The molecule has 59 heavy (non-hydrogen) atoms. The number of aromatic nitrogens is 3. The number of urea groups is 1. The number of hydrogen-bond acceptors (Lipinski definition) is 14. The third kappa shape index (κ3) is 12.1. The van der Waals surface area contributed by atoms with E-state index in [1.54, 1.807) is 18.2 Å². The van der Waals surface area contributed by atoms with Crippen molar-refractivity contribution in [3.63, 3.8) is 0 Å². The van der Waals surface area contributed by atoms with Crippen molar-refractivity contribution in [1.82, 2.24) is 45.6 Å². The first-order valence-corrected chi connectivity index (χ1v) is 22.2. The van der Waals surface area contributed by atoms with Gasteiger partial charge in [0.2, 0.25) is 17.7 Å². The molecule has 5 atom stereocenters. The first-order chi connectivity index (χ1) is 28.5. The molecule has 9 N–H and O–H groups in total. The van der Waals surface area contributed by atoms with Gasteiger partial charge in [-0.1, -0.05) is 6.42 Å². The van der Waals surface area contributed by atoms with Crippen molar-refractivity contribution in [2.75, 3.05) is 63.9 Å². The molecular formula is C39H55N9O9S2. The standard InChI is InChI=1S/C39H55N9O9S2/c49-22-30(51)29(50)19-25-21-42-27-18-24(7-8-26(27)43-25)37(55)41-9-3-5-33(52)40-10-17-58-32-20-35(54)48(38(32)56)16-13-46-11-14-47(15-12-46)34(53)6-2-1-4-31-36-28(23-59-31)44-39(57)45-36/h7-8,18,20-21,28-31,36,49-51,54,56H,1-6,9-17,19,22-23H2,(H,40,52)(H,41,55)(H2,44,45,57). The number of thioether (sulfide) groups is 2. The highest BCUT2D eigenvalue weighted by Crippen LogP contribution is 2.35. The highest BCUT2D eigenvalue weighted by molar-refractivity contribution is 8.00. The molecule has 20 heteroatoms. The van der Waals surface area contributed by atoms with Crippen LogP contribution in [0, 0.1) is 0 Å². The smallest absolute Gasteiger partial charge is 0.315 e. The van der Waals surface area contributed by atoms with E-state index in [2.05, 4.69) is 36.1 Å². The summed E-state index contributed by atoms with van der Waals surface area (Å²) in [6, 6.07) is 6.68. The highest BCUT2D eigenvalue weighted by atomic mass is 32.2. The summed E-state index contributed by atoms with van der Waals surface area (Å²) >= 11 is 3.22. The number of hydrogen-bond donors (Lipinski definition) is 9. The number of nitrogens with one attached hydrogen (secondary N) is 4. The Kier molecular flexibility index (Phi) is 15.9. The summed E-state index contributed by atoms with van der Waals surface area (Å²) in [5.74, 6) is 1.02. The van der Waals surface area contributed by atoms with Crippen LogP contribution in [0.3, 0.4) is 0 Å². The number of benzene rings is 1. The molecule has 322 valence electrons. The van der Waals surface area contributed by atoms with E-state index < -0.39 is 18.8 Å². The van der Waals surface area contributed by atoms with Crippen LogP contribution in [0.5, 0.6) is 11.8 Å². The summed E-state index contributed by atoms with van der Waals surface area (Å²) in [6.45, 7) is 3.77. The van der Waals surface area contributed by atoms with Crippen molar-refractivity contribution >= 4 is 58.3 Å². The van der Waals surface area contributed by atoms with Crippen LogP contribution in [0.25, 0.3) is 11.0 Å². The zero-order valence-corrected chi connectivity index (χ0v) is 34.6. The van der Waals surface area contributed by atoms with Crippen LogP contribution in [0.4, 0.5) is 4.79 Å². The van der Waals surface area contributed by atoms with Crippen molar-refractivity contribution in [3.05, 3.63) is 41.7 Å². The maximum Gasteiger partial charge on any atom is 0.315 e. The lowest BCUT2D eigenvalue weighted by Gasteiger charge is -2.35. The van der Waals surface area contributed by atoms with Gasteiger partial charge >= 0.3 is 6.03 Å². The molecule has 0 spiro atoms. The first-order valence-electron chi connectivity index (χ1n) is 20.2. The molecule has 3 aliphatic rings. The number of fused-ring (bicyclic) bond motifs is 2. The largest absolute Gasteiger partial charge is 0.494 e. The minimum atomic E-state index is -1.28. The number of aliphatic hydroxyl groups is 3. The molecular weight excluding hydrogens is 803 g/mol. The number of piperazine rings is 1. The Balaban J connectivity index is 0.809. The molecule has 3 fully saturated rings. The Morgan fingerprint density at radius 1 is 0.949 bits per heavy atom. The van der Waals surface area contributed by atoms with E-state index in [1.807, 2.05) is 16.7 Å². The van der Waals surface area contributed by atoms with Gasteiger partial charge in [-0.15, -0.1) is 11.8 Å². The van der Waals surface area contributed by atoms with Crippen molar-refractivity contribution in [2.45, 2.75) is 85.9 Å². The Labute approximate surface area is 350 Å². The van der Waals surface area contributed by atoms with Crippen molar-refractivity contribution in [3.8, 4) is 11.8 Å². The molecule has 18 nitrogen and oxygen atoms in total. The summed E-state index contributed by atoms with van der Waals surface area (Å²) in [5.41, 5.74) is 1.80. The average molecular weight is 858 g/mol. The second kappa shape index (κ2) is 21.3. The molecule has 1 aromatic carbocycles. The molecule has 2 aromatic heterocycles. The fourth-order valence-corrected chi connectivity index (χ4v) is 9.86. The Bertz CT molecular complexity index is 1930. The number of rotatable bonds is 21. The number of unbranched alkanes of at least 4 members (excludes halogenated alkanes) is 1. The van der Waals surface area contributed by atoms with Gasteiger partial charge in [-0.3, -0.25) is 28.8 Å². The van der Waals surface area contributed by atoms with E-state index in [1.165, 1.54) is 28.6 Å². The van der Waals surface area contributed by atoms with Crippen molar-refractivity contribution in [1.29, 1.82) is 0 Å². The Morgan fingerprint density at radius 2 is 1.76 bits per heavy atom. The van der Waals surface area contributed by atoms with E-state index in [9.17, 15) is 39.6 Å². The maximum atomic E-state index is 12.9. The molecule has 0 bridgehead atoms. The second-order valence-electron chi connectivity index (χ2n) is 15.1. The number of nitrogens with zero attached hydrogens (tertiary/aromatic N) is 5. The van der Waals surface area contributed by atoms with Gasteiger partial charge in [0.25, 0.3) is 5.91 Å². The van der Waals surface area contributed by atoms with Crippen LogP contribution in [-0.2, 0) is 22.6 Å². The van der Waals surface area contributed by atoms with Gasteiger partial charge < -0.3 is 51.7 Å². The van der Waals surface area contributed by atoms with Crippen molar-refractivity contribution in [2.24, 2.45) is 0 Å². The van der Waals surface area contributed by atoms with Gasteiger partial charge in [-0.25, -0.2) is 9.78 Å². The summed E-state index contributed by atoms with van der Waals surface area (Å²) in [6.07, 6.45) is 2.93. The number of carbonyl (C=O) groups excluding carboxylic acids is 4. The minimum absolute atomic E-state index is 0.0146. The topological polar surface area (TPSA) is 255 Å². The highest BCUT2D eigenvalue weighted by Gasteiger charge is 2.42. The average Bonchev–Trinajstić information content (AvgIpc) is 3.88. The molecule has 0 radical (unpaired) electrons. The quantitative estimate of drug-likeness (QED) is 0.0400. The number of amides is 5. The van der Waals surface area contributed by atoms with E-state index in [0.717, 1.165) is 25.0 Å². The van der Waals surface area contributed by atoms with Crippen LogP contribution in [0.1, 0.15) is 54.6 Å². The number of aliphatic hydroxyl groups excluding tert-OH is 3. The van der Waals surface area contributed by atoms with Crippen LogP contribution in [0.15, 0.2) is 35.4 Å². The van der Waals surface area contributed by atoms with E-state index in [-0.39, 0.29) is 67.0 Å². The first kappa shape index (κ1) is 44.2. The molecule has 5 amide bonds. The third-order valence-corrected chi connectivity index (χ3v) is 13.4. The van der Waals surface area contributed by atoms with Crippen LogP contribution < -0.4 is 21.3 Å². The van der Waals surface area contributed by atoms with E-state index in [4.69, 9.17) is 5.11 Å². The fourth-order valence-electron chi connectivity index (χ4n) is 7.47. The maximum absolute atomic E-state index is 12.9. The zero-order chi connectivity index (χ0) is 41.9. The molecule has 6 rings (SSSR count). The molecule has 0 aliphatic carbocycles. The lowest BCUT2D eigenvalue weighted by Crippen LogP contribution is -2.49. The fraction of sp³-hybridized carbons (Fsp3) is 0.590. The monoisotopic (exact) mass is 857 g/mol. The molecule has 5 unspecified atom stereocenters. The normalized spacial score (nSPS) is 20.2. The van der Waals surface area contributed by atoms with Gasteiger partial charge in [0.15, 0.2) is 5.88 Å². The zero-order valence-electron chi connectivity index (χ0n) is 32.9. The number of carbonyl (C=O) groups is 4. The van der Waals surface area contributed by atoms with Gasteiger partial charge in [-0.05, 0) is 37.5 Å². The molecule has 3 saturated heterocycles. The molecule has 3 aromatic rings. The van der Waals surface area contributed by atoms with Crippen LogP contribution >= 0.6 is 23.5 Å². The SMILES string of the molecule is O=C(CCCNC(=O)c1ccc2nc(CC(O)C(O)CO)cnc2c1)NCCSc1cc(O)n(CCN2CCN(C(=O)CCCCC3SCC4NC(=O)NC43)CC2)c1O. The summed E-state index contributed by atoms with van der Waals surface area (Å²) in [4.78, 5) is 62.9.